The third kappa shape index (κ3) is 4.17. The lowest BCUT2D eigenvalue weighted by atomic mass is 10.5. The molecule has 1 heterocycles. The van der Waals surface area contributed by atoms with Crippen molar-refractivity contribution in [3.05, 3.63) is 22.6 Å². The normalized spacial score (nSPS) is 10.1. The first-order valence-corrected chi connectivity index (χ1v) is 5.92. The fourth-order valence-electron chi connectivity index (χ4n) is 0.841. The number of esters is 1. The Kier molecular flexibility index (Phi) is 5.04. The van der Waals surface area contributed by atoms with Crippen LogP contribution in [0.25, 0.3) is 0 Å². The third-order valence-electron chi connectivity index (χ3n) is 1.55. The summed E-state index contributed by atoms with van der Waals surface area (Å²) in [5.41, 5.74) is 0. The van der Waals surface area contributed by atoms with Crippen molar-refractivity contribution in [2.45, 2.75) is 11.4 Å². The predicted molar refractivity (Wildman–Crippen MR) is 59.3 cm³/mol. The molecule has 15 heavy (non-hydrogen) atoms. The molecule has 0 saturated carbocycles. The van der Waals surface area contributed by atoms with Crippen LogP contribution in [0.1, 0.15) is 6.42 Å². The zero-order chi connectivity index (χ0) is 11.3. The van der Waals surface area contributed by atoms with Crippen molar-refractivity contribution in [1.82, 2.24) is 4.98 Å². The predicted octanol–water partition coefficient (Wildman–Crippen LogP) is 2.64. The minimum absolute atomic E-state index is 0.248. The lowest BCUT2D eigenvalue weighted by Gasteiger charge is -2.01. The molecular weight excluding hydrogens is 285 g/mol. The van der Waals surface area contributed by atoms with Gasteiger partial charge < -0.3 is 4.74 Å². The van der Waals surface area contributed by atoms with Crippen molar-refractivity contribution in [3.8, 4) is 0 Å². The molecule has 0 aliphatic rings. The van der Waals surface area contributed by atoms with Gasteiger partial charge in [-0.25, -0.2) is 9.37 Å². The smallest absolute Gasteiger partial charge is 0.306 e. The van der Waals surface area contributed by atoms with Crippen LogP contribution in [-0.4, -0.2) is 23.8 Å². The minimum Gasteiger partial charge on any atom is -0.469 e. The zero-order valence-corrected chi connectivity index (χ0v) is 10.4. The van der Waals surface area contributed by atoms with Crippen LogP contribution in [0.5, 0.6) is 0 Å². The zero-order valence-electron chi connectivity index (χ0n) is 8.00. The second-order valence-corrected chi connectivity index (χ2v) is 4.61. The molecule has 82 valence electrons. The third-order valence-corrected chi connectivity index (χ3v) is 2.96. The monoisotopic (exact) mass is 293 g/mol. The molecule has 3 nitrogen and oxygen atoms in total. The van der Waals surface area contributed by atoms with E-state index >= 15 is 0 Å². The van der Waals surface area contributed by atoms with Crippen molar-refractivity contribution in [2.75, 3.05) is 12.9 Å². The van der Waals surface area contributed by atoms with Crippen LogP contribution in [-0.2, 0) is 9.53 Å². The first-order valence-electron chi connectivity index (χ1n) is 4.14. The number of carbonyl (C=O) groups is 1. The maximum atomic E-state index is 13.2. The number of pyridine rings is 1. The summed E-state index contributed by atoms with van der Waals surface area (Å²) in [6, 6.07) is 1.34. The number of ether oxygens (including phenoxy) is 1. The first kappa shape index (κ1) is 12.4. The molecule has 0 radical (unpaired) electrons. The topological polar surface area (TPSA) is 39.2 Å². The highest BCUT2D eigenvalue weighted by Gasteiger charge is 2.06. The van der Waals surface area contributed by atoms with Crippen molar-refractivity contribution >= 4 is 33.7 Å². The van der Waals surface area contributed by atoms with Crippen LogP contribution in [0.15, 0.2) is 21.8 Å². The van der Waals surface area contributed by atoms with E-state index in [2.05, 4.69) is 25.7 Å². The average molecular weight is 294 g/mol. The van der Waals surface area contributed by atoms with Crippen LogP contribution in [0.3, 0.4) is 0 Å². The molecular formula is C9H9BrFNO2S. The molecule has 0 spiro atoms. The van der Waals surface area contributed by atoms with Gasteiger partial charge in [0.1, 0.15) is 5.03 Å². The fraction of sp³-hybridized carbons (Fsp3) is 0.333. The summed E-state index contributed by atoms with van der Waals surface area (Å²) in [6.45, 7) is 0. The van der Waals surface area contributed by atoms with Gasteiger partial charge in [0, 0.05) is 16.4 Å². The molecule has 6 heteroatoms. The highest BCUT2D eigenvalue weighted by Crippen LogP contribution is 2.22. The Balaban J connectivity index is 2.47. The molecule has 0 saturated heterocycles. The van der Waals surface area contributed by atoms with Crippen molar-refractivity contribution in [2.24, 2.45) is 0 Å². The number of aromatic nitrogens is 1. The van der Waals surface area contributed by atoms with Crippen LogP contribution in [0.2, 0.25) is 0 Å². The van der Waals surface area contributed by atoms with Gasteiger partial charge in [0.2, 0.25) is 0 Å². The standard InChI is InChI=1S/C9H9BrFNO2S/c1-14-8(13)2-3-15-9-7(11)4-6(10)5-12-9/h4-5H,2-3H2,1H3. The number of rotatable bonds is 4. The molecule has 0 aromatic carbocycles. The van der Waals surface area contributed by atoms with Crippen molar-refractivity contribution in [1.29, 1.82) is 0 Å². The van der Waals surface area contributed by atoms with Gasteiger partial charge in [0.25, 0.3) is 0 Å². The molecule has 0 atom stereocenters. The summed E-state index contributed by atoms with van der Waals surface area (Å²) in [5.74, 6) is -0.239. The summed E-state index contributed by atoms with van der Waals surface area (Å²) < 4.78 is 18.3. The van der Waals surface area contributed by atoms with Gasteiger partial charge in [-0.05, 0) is 22.0 Å². The molecule has 1 rings (SSSR count). The number of thioether (sulfide) groups is 1. The lowest BCUT2D eigenvalue weighted by Crippen LogP contribution is -2.01. The van der Waals surface area contributed by atoms with E-state index in [1.165, 1.54) is 31.1 Å². The summed E-state index contributed by atoms with van der Waals surface area (Å²) in [7, 11) is 1.32. The van der Waals surface area contributed by atoms with E-state index in [0.717, 1.165) is 0 Å². The second kappa shape index (κ2) is 6.07. The van der Waals surface area contributed by atoms with E-state index in [4.69, 9.17) is 0 Å². The van der Waals surface area contributed by atoms with Crippen molar-refractivity contribution in [3.63, 3.8) is 0 Å². The number of hydrogen-bond donors (Lipinski definition) is 0. The van der Waals surface area contributed by atoms with Gasteiger partial charge in [0.15, 0.2) is 5.82 Å². The molecule has 1 aromatic rings. The number of carbonyl (C=O) groups excluding carboxylic acids is 1. The highest BCUT2D eigenvalue weighted by molar-refractivity contribution is 9.10. The number of hydrogen-bond acceptors (Lipinski definition) is 4. The molecule has 0 aliphatic carbocycles. The largest absolute Gasteiger partial charge is 0.469 e. The molecule has 1 aromatic heterocycles. The lowest BCUT2D eigenvalue weighted by molar-refractivity contribution is -0.140. The minimum atomic E-state index is -0.390. The molecule has 0 N–H and O–H groups in total. The molecule has 0 fully saturated rings. The van der Waals surface area contributed by atoms with Crippen LogP contribution < -0.4 is 0 Å². The van der Waals surface area contributed by atoms with E-state index in [-0.39, 0.29) is 18.2 Å². The number of halogens is 2. The number of nitrogens with zero attached hydrogens (tertiary/aromatic N) is 1. The van der Waals surface area contributed by atoms with E-state index < -0.39 is 0 Å². The SMILES string of the molecule is COC(=O)CCSc1ncc(Br)cc1F. The molecule has 0 aliphatic heterocycles. The first-order chi connectivity index (χ1) is 7.13. The Hall–Kier alpha value is -0.620. The van der Waals surface area contributed by atoms with Gasteiger partial charge in [0.05, 0.1) is 13.5 Å². The molecule has 0 unspecified atom stereocenters. The van der Waals surface area contributed by atoms with Gasteiger partial charge in [-0.15, -0.1) is 11.8 Å². The second-order valence-electron chi connectivity index (χ2n) is 2.62. The quantitative estimate of drug-likeness (QED) is 0.632. The highest BCUT2D eigenvalue weighted by atomic mass is 79.9. The van der Waals surface area contributed by atoms with Gasteiger partial charge in [-0.3, -0.25) is 4.79 Å². The van der Waals surface area contributed by atoms with Crippen LogP contribution in [0, 0.1) is 5.82 Å². The maximum Gasteiger partial charge on any atom is 0.306 e. The fourth-order valence-corrected chi connectivity index (χ4v) is 1.93. The Morgan fingerprint density at radius 3 is 3.07 bits per heavy atom. The van der Waals surface area contributed by atoms with Crippen LogP contribution in [0.4, 0.5) is 4.39 Å². The summed E-state index contributed by atoms with van der Waals surface area (Å²) in [5, 5.41) is 0.294. The molecule has 0 bridgehead atoms. The summed E-state index contributed by atoms with van der Waals surface area (Å²) >= 11 is 4.30. The maximum absolute atomic E-state index is 13.2. The van der Waals surface area contributed by atoms with Crippen LogP contribution >= 0.6 is 27.7 Å². The van der Waals surface area contributed by atoms with Gasteiger partial charge >= 0.3 is 5.97 Å². The van der Waals surface area contributed by atoms with E-state index in [1.54, 1.807) is 0 Å². The Morgan fingerprint density at radius 1 is 1.73 bits per heavy atom. The van der Waals surface area contributed by atoms with E-state index in [1.807, 2.05) is 0 Å². The Bertz CT molecular complexity index is 362. The summed E-state index contributed by atoms with van der Waals surface area (Å²) in [6.07, 6.45) is 1.77. The Morgan fingerprint density at radius 2 is 2.47 bits per heavy atom. The van der Waals surface area contributed by atoms with Gasteiger partial charge in [-0.2, -0.15) is 0 Å². The molecule has 0 amide bonds. The number of methoxy groups -OCH3 is 1. The Labute approximate surface area is 99.5 Å². The average Bonchev–Trinajstić information content (AvgIpc) is 2.21. The van der Waals surface area contributed by atoms with E-state index in [9.17, 15) is 9.18 Å². The summed E-state index contributed by atoms with van der Waals surface area (Å²) in [4.78, 5) is 14.7. The van der Waals surface area contributed by atoms with Gasteiger partial charge in [-0.1, -0.05) is 0 Å². The van der Waals surface area contributed by atoms with E-state index in [0.29, 0.717) is 15.3 Å². The van der Waals surface area contributed by atoms with Crippen molar-refractivity contribution < 1.29 is 13.9 Å².